The number of aromatic hydroxyl groups is 1. The van der Waals surface area contributed by atoms with Crippen LogP contribution in [0.3, 0.4) is 0 Å². The largest absolute Gasteiger partial charge is 0.508 e. The van der Waals surface area contributed by atoms with Crippen LogP contribution in [0.15, 0.2) is 29.1 Å². The summed E-state index contributed by atoms with van der Waals surface area (Å²) >= 11 is 0. The fourth-order valence-electron chi connectivity index (χ4n) is 2.20. The van der Waals surface area contributed by atoms with Gasteiger partial charge in [-0.15, -0.1) is 0 Å². The fourth-order valence-corrected chi connectivity index (χ4v) is 2.20. The fraction of sp³-hybridized carbons (Fsp3) is 0.231. The molecule has 5 N–H and O–H groups in total. The Bertz CT molecular complexity index is 657. The summed E-state index contributed by atoms with van der Waals surface area (Å²) < 4.78 is 0. The summed E-state index contributed by atoms with van der Waals surface area (Å²) in [5.41, 5.74) is 6.75. The van der Waals surface area contributed by atoms with Crippen molar-refractivity contribution in [3.05, 3.63) is 51.4 Å². The van der Waals surface area contributed by atoms with Crippen molar-refractivity contribution in [3.63, 3.8) is 0 Å². The Morgan fingerprint density at radius 2 is 2.16 bits per heavy atom. The molecular formula is C13H15N3O3. The lowest BCUT2D eigenvalue weighted by Crippen LogP contribution is -2.20. The maximum Gasteiger partial charge on any atom is 0.267 e. The molecule has 0 spiro atoms. The summed E-state index contributed by atoms with van der Waals surface area (Å²) in [6.45, 7) is 1.74. The Labute approximate surface area is 109 Å². The summed E-state index contributed by atoms with van der Waals surface area (Å²) in [4.78, 5) is 23.0. The second-order valence-corrected chi connectivity index (χ2v) is 4.44. The SMILES string of the molecule is Cc1[nH][nH]c(=O)c1[C@@H](CC(N)=O)c1cccc(O)c1. The number of aryl methyl sites for hydroxylation is 1. The third kappa shape index (κ3) is 2.67. The van der Waals surface area contributed by atoms with E-state index < -0.39 is 11.8 Å². The average Bonchev–Trinajstić information content (AvgIpc) is 2.66. The van der Waals surface area contributed by atoms with Crippen LogP contribution >= 0.6 is 0 Å². The Balaban J connectivity index is 2.54. The van der Waals surface area contributed by atoms with Crippen molar-refractivity contribution in [1.29, 1.82) is 0 Å². The monoisotopic (exact) mass is 261 g/mol. The highest BCUT2D eigenvalue weighted by atomic mass is 16.3. The summed E-state index contributed by atoms with van der Waals surface area (Å²) in [6, 6.07) is 6.46. The van der Waals surface area contributed by atoms with Gasteiger partial charge < -0.3 is 15.9 Å². The van der Waals surface area contributed by atoms with Crippen LogP contribution in [-0.2, 0) is 4.79 Å². The minimum Gasteiger partial charge on any atom is -0.508 e. The average molecular weight is 261 g/mol. The summed E-state index contributed by atoms with van der Waals surface area (Å²) in [5, 5.41) is 14.7. The van der Waals surface area contributed by atoms with Gasteiger partial charge in [0.15, 0.2) is 0 Å². The van der Waals surface area contributed by atoms with E-state index in [9.17, 15) is 14.7 Å². The number of carbonyl (C=O) groups is 1. The maximum atomic E-state index is 11.8. The van der Waals surface area contributed by atoms with Gasteiger partial charge in [0, 0.05) is 23.6 Å². The van der Waals surface area contributed by atoms with E-state index in [1.807, 2.05) is 0 Å². The lowest BCUT2D eigenvalue weighted by atomic mass is 9.88. The second kappa shape index (κ2) is 5.01. The first kappa shape index (κ1) is 12.9. The van der Waals surface area contributed by atoms with Gasteiger partial charge in [-0.2, -0.15) is 0 Å². The first-order valence-corrected chi connectivity index (χ1v) is 5.83. The van der Waals surface area contributed by atoms with Crippen molar-refractivity contribution < 1.29 is 9.90 Å². The number of carbonyl (C=O) groups excluding carboxylic acids is 1. The smallest absolute Gasteiger partial charge is 0.267 e. The normalized spacial score (nSPS) is 12.3. The number of aromatic nitrogens is 2. The van der Waals surface area contributed by atoms with Crippen LogP contribution in [0.5, 0.6) is 5.75 Å². The summed E-state index contributed by atoms with van der Waals surface area (Å²) in [7, 11) is 0. The van der Waals surface area contributed by atoms with Crippen molar-refractivity contribution >= 4 is 5.91 Å². The zero-order valence-electron chi connectivity index (χ0n) is 10.4. The molecule has 100 valence electrons. The molecule has 0 aliphatic carbocycles. The van der Waals surface area contributed by atoms with Crippen LogP contribution in [0.1, 0.15) is 29.2 Å². The minimum atomic E-state index is -0.506. The molecule has 0 bridgehead atoms. The quantitative estimate of drug-likeness (QED) is 0.650. The van der Waals surface area contributed by atoms with Gasteiger partial charge in [0.25, 0.3) is 5.56 Å². The number of primary amides is 1. The standard InChI is InChI=1S/C13H15N3O3/c1-7-12(13(19)16-15-7)10(6-11(14)18)8-3-2-4-9(17)5-8/h2-5,10,17H,6H2,1H3,(H2,14,18)(H2,15,16,19)/t10-/m0/s1. The number of nitrogens with two attached hydrogens (primary N) is 1. The molecule has 1 aromatic carbocycles. The predicted octanol–water partition coefficient (Wildman–Crippen LogP) is 0.724. The van der Waals surface area contributed by atoms with Gasteiger partial charge in [-0.05, 0) is 24.6 Å². The number of rotatable bonds is 4. The molecule has 1 amide bonds. The van der Waals surface area contributed by atoms with E-state index >= 15 is 0 Å². The molecule has 19 heavy (non-hydrogen) atoms. The molecule has 1 atom stereocenters. The van der Waals surface area contributed by atoms with Gasteiger partial charge in [-0.25, -0.2) is 0 Å². The van der Waals surface area contributed by atoms with E-state index in [1.165, 1.54) is 12.1 Å². The van der Waals surface area contributed by atoms with Gasteiger partial charge >= 0.3 is 0 Å². The highest BCUT2D eigenvalue weighted by molar-refractivity contribution is 5.75. The zero-order valence-corrected chi connectivity index (χ0v) is 10.4. The Hall–Kier alpha value is -2.50. The number of hydrogen-bond donors (Lipinski definition) is 4. The molecule has 6 heteroatoms. The first-order valence-electron chi connectivity index (χ1n) is 5.83. The number of nitrogens with one attached hydrogen (secondary N) is 2. The predicted molar refractivity (Wildman–Crippen MR) is 69.9 cm³/mol. The van der Waals surface area contributed by atoms with Crippen LogP contribution in [0.2, 0.25) is 0 Å². The van der Waals surface area contributed by atoms with Gasteiger partial charge in [0.2, 0.25) is 5.91 Å². The van der Waals surface area contributed by atoms with Crippen LogP contribution in [0.4, 0.5) is 0 Å². The van der Waals surface area contributed by atoms with Crippen molar-refractivity contribution in [2.75, 3.05) is 0 Å². The molecule has 0 saturated heterocycles. The van der Waals surface area contributed by atoms with E-state index in [4.69, 9.17) is 5.73 Å². The molecular weight excluding hydrogens is 246 g/mol. The molecule has 0 fully saturated rings. The lowest BCUT2D eigenvalue weighted by Gasteiger charge is -2.15. The van der Waals surface area contributed by atoms with Crippen molar-refractivity contribution in [1.82, 2.24) is 10.2 Å². The van der Waals surface area contributed by atoms with Crippen molar-refractivity contribution in [3.8, 4) is 5.75 Å². The zero-order chi connectivity index (χ0) is 14.0. The Morgan fingerprint density at radius 1 is 1.42 bits per heavy atom. The van der Waals surface area contributed by atoms with Gasteiger partial charge in [-0.3, -0.25) is 14.7 Å². The number of amides is 1. The number of aromatic amines is 2. The molecule has 0 saturated carbocycles. The third-order valence-corrected chi connectivity index (χ3v) is 3.04. The van der Waals surface area contributed by atoms with E-state index in [0.29, 0.717) is 16.8 Å². The topological polar surface area (TPSA) is 112 Å². The molecule has 0 unspecified atom stereocenters. The highest BCUT2D eigenvalue weighted by Gasteiger charge is 2.23. The van der Waals surface area contributed by atoms with Crippen LogP contribution in [0.25, 0.3) is 0 Å². The Kier molecular flexibility index (Phi) is 3.41. The summed E-state index contributed by atoms with van der Waals surface area (Å²) in [5.74, 6) is -0.899. The molecule has 1 aromatic heterocycles. The number of benzene rings is 1. The first-order chi connectivity index (χ1) is 8.99. The highest BCUT2D eigenvalue weighted by Crippen LogP contribution is 2.29. The molecule has 6 nitrogen and oxygen atoms in total. The Morgan fingerprint density at radius 3 is 2.68 bits per heavy atom. The minimum absolute atomic E-state index is 0.00519. The van der Waals surface area contributed by atoms with E-state index in [-0.39, 0.29) is 17.7 Å². The van der Waals surface area contributed by atoms with Gasteiger partial charge in [0.1, 0.15) is 5.75 Å². The number of phenols is 1. The molecule has 2 aromatic rings. The number of hydrogen-bond acceptors (Lipinski definition) is 3. The van der Waals surface area contributed by atoms with Crippen LogP contribution in [-0.4, -0.2) is 21.2 Å². The van der Waals surface area contributed by atoms with E-state index in [1.54, 1.807) is 19.1 Å². The molecule has 0 radical (unpaired) electrons. The molecule has 0 aliphatic rings. The van der Waals surface area contributed by atoms with Crippen molar-refractivity contribution in [2.24, 2.45) is 5.73 Å². The van der Waals surface area contributed by atoms with Crippen LogP contribution in [0, 0.1) is 6.92 Å². The molecule has 1 heterocycles. The maximum absolute atomic E-state index is 11.8. The molecule has 2 rings (SSSR count). The van der Waals surface area contributed by atoms with Gasteiger partial charge in [0.05, 0.1) is 0 Å². The number of phenolic OH excluding ortho intramolecular Hbond substituents is 1. The van der Waals surface area contributed by atoms with Crippen LogP contribution < -0.4 is 11.3 Å². The third-order valence-electron chi connectivity index (χ3n) is 3.04. The second-order valence-electron chi connectivity index (χ2n) is 4.44. The summed E-state index contributed by atoms with van der Waals surface area (Å²) in [6.07, 6.45) is 0.00519. The van der Waals surface area contributed by atoms with E-state index in [2.05, 4.69) is 10.2 Å². The lowest BCUT2D eigenvalue weighted by molar-refractivity contribution is -0.118. The van der Waals surface area contributed by atoms with Crippen molar-refractivity contribution in [2.45, 2.75) is 19.3 Å². The number of H-pyrrole nitrogens is 2. The van der Waals surface area contributed by atoms with Gasteiger partial charge in [-0.1, -0.05) is 12.1 Å². The molecule has 0 aliphatic heterocycles. The van der Waals surface area contributed by atoms with E-state index in [0.717, 1.165) is 0 Å².